The number of esters is 1. The number of benzene rings is 2. The first-order valence-electron chi connectivity index (χ1n) is 46.7. The Balaban J connectivity index is 0.000000200. The molecule has 8 N–H and O–H groups in total. The van der Waals surface area contributed by atoms with Gasteiger partial charge < -0.3 is 89.7 Å². The predicted octanol–water partition coefficient (Wildman–Crippen LogP) is 12.7. The van der Waals surface area contributed by atoms with Crippen molar-refractivity contribution in [1.82, 2.24) is 71.0 Å². The van der Waals surface area contributed by atoms with Crippen LogP contribution in [0.1, 0.15) is 133 Å². The van der Waals surface area contributed by atoms with Gasteiger partial charge in [0.1, 0.15) is 124 Å². The first kappa shape index (κ1) is 103. The van der Waals surface area contributed by atoms with Crippen LogP contribution in [0.3, 0.4) is 0 Å². The molecule has 6 aliphatic carbocycles. The molecule has 10 fully saturated rings. The number of halogens is 8. The molecular weight excluding hydrogens is 1870 g/mol. The number of aliphatic carboxylic acids is 1. The number of anilines is 2. The summed E-state index contributed by atoms with van der Waals surface area (Å²) in [6, 6.07) is 5.96. The van der Waals surface area contributed by atoms with Crippen LogP contribution in [0.4, 0.5) is 47.1 Å². The summed E-state index contributed by atoms with van der Waals surface area (Å²) in [5.41, 5.74) is -2.29. The summed E-state index contributed by atoms with van der Waals surface area (Å²) in [4.78, 5) is 148. The van der Waals surface area contributed by atoms with Gasteiger partial charge in [-0.25, -0.2) is 34.1 Å². The van der Waals surface area contributed by atoms with E-state index in [9.17, 15) is 74.6 Å². The number of hydrogen-bond donors (Lipinski definition) is 8. The molecule has 43 heteroatoms. The van der Waals surface area contributed by atoms with Gasteiger partial charge in [-0.15, -0.1) is 24.5 Å². The third-order valence-corrected chi connectivity index (χ3v) is 28.2. The van der Waals surface area contributed by atoms with Crippen LogP contribution in [0.25, 0.3) is 44.6 Å². The van der Waals surface area contributed by atoms with E-state index in [0.29, 0.717) is 145 Å². The van der Waals surface area contributed by atoms with Crippen LogP contribution in [0, 0.1) is 46.3 Å². The maximum Gasteiger partial charge on any atom is 0.408 e. The van der Waals surface area contributed by atoms with Gasteiger partial charge in [0.15, 0.2) is 11.4 Å². The Kier molecular flexibility index (Phi) is 31.8. The summed E-state index contributed by atoms with van der Waals surface area (Å²) in [7, 11) is 1.25. The highest BCUT2D eigenvalue weighted by Gasteiger charge is 2.64. The lowest BCUT2D eigenvalue weighted by atomic mass is 9.85. The number of fused-ring (bicyclic) bond motifs is 4. The summed E-state index contributed by atoms with van der Waals surface area (Å²) in [6.07, 6.45) is -0.746. The number of carboxylic acids is 1. The first-order chi connectivity index (χ1) is 65.2. The molecule has 6 amide bonds. The van der Waals surface area contributed by atoms with Crippen molar-refractivity contribution in [3.05, 3.63) is 83.4 Å². The SMILES string of the molecule is C=C[C@@H]1CC1(NC(=O)[C@@H]1C[C@@H](Oc2cc(-c3coc(NC(C)C)n3)nc3c(Cl)c(OCC=O)ccc23)CN1C(=O)[C@@H](NC(=O)OC1C[C@@H]2C[C@@H]2C1)C(C)(C)C)C(=O)O.C=C[C@@H]1CC1(NC(=O)[C@@H]1C[C@@H](Oc2cc(-c3csc(NC(C)C)n3)nc3c(Cl)c(OCCN4CCN(CC(F)(F)F)CC4)ccc23)CN1C(=O)[C@@H](NC(=O)OC1C[C@@H]2C[C@@H]2C1)C(C)(C)C)C(=O)OC.FC(F)(F)CN1CCNCC1. The number of carbonyl (C=O) groups excluding carboxylic acids is 8. The van der Waals surface area contributed by atoms with Crippen molar-refractivity contribution < 1.29 is 112 Å². The highest BCUT2D eigenvalue weighted by atomic mass is 35.5. The zero-order chi connectivity index (χ0) is 99.6. The van der Waals surface area contributed by atoms with Gasteiger partial charge in [0.2, 0.25) is 23.6 Å². The number of amides is 6. The Morgan fingerprint density at radius 2 is 1.04 bits per heavy atom. The minimum Gasteiger partial charge on any atom is -0.491 e. The molecule has 752 valence electrons. The second kappa shape index (κ2) is 42.5. The molecule has 0 spiro atoms. The molecule has 6 aromatic rings. The molecule has 0 radical (unpaired) electrons. The van der Waals surface area contributed by atoms with Gasteiger partial charge in [0.25, 0.3) is 6.01 Å². The maximum absolute atomic E-state index is 14.9. The smallest absolute Gasteiger partial charge is 0.408 e. The van der Waals surface area contributed by atoms with Gasteiger partial charge in [0, 0.05) is 124 Å². The molecule has 4 saturated heterocycles. The van der Waals surface area contributed by atoms with Gasteiger partial charge in [-0.1, -0.05) is 76.9 Å². The summed E-state index contributed by atoms with van der Waals surface area (Å²) >= 11 is 15.3. The third kappa shape index (κ3) is 25.2. The monoisotopic (exact) mass is 1990 g/mol. The lowest BCUT2D eigenvalue weighted by molar-refractivity contribution is -0.149. The lowest BCUT2D eigenvalue weighted by Gasteiger charge is -2.35. The molecule has 4 aromatic heterocycles. The summed E-state index contributed by atoms with van der Waals surface area (Å²) in [5.74, 6) is -1.57. The highest BCUT2D eigenvalue weighted by Crippen LogP contribution is 2.55. The molecule has 4 aliphatic heterocycles. The van der Waals surface area contributed by atoms with Crippen molar-refractivity contribution in [2.24, 2.45) is 46.3 Å². The Hall–Kier alpha value is -10.6. The summed E-state index contributed by atoms with van der Waals surface area (Å²) in [6.45, 7) is 28.7. The number of aldehydes is 1. The number of carboxylic acid groups (broad SMARTS) is 1. The fourth-order valence-electron chi connectivity index (χ4n) is 19.1. The zero-order valence-electron chi connectivity index (χ0n) is 79.0. The van der Waals surface area contributed by atoms with Crippen molar-refractivity contribution in [2.75, 3.05) is 116 Å². The van der Waals surface area contributed by atoms with Gasteiger partial charge >= 0.3 is 36.5 Å². The number of thiazole rings is 1. The Morgan fingerprint density at radius 1 is 0.587 bits per heavy atom. The molecule has 10 aliphatic rings. The van der Waals surface area contributed by atoms with E-state index < -0.39 is 137 Å². The van der Waals surface area contributed by atoms with E-state index in [1.54, 1.807) is 63.2 Å². The number of oxazole rings is 1. The summed E-state index contributed by atoms with van der Waals surface area (Å²) < 4.78 is 122. The molecule has 0 bridgehead atoms. The van der Waals surface area contributed by atoms with E-state index in [-0.39, 0.29) is 115 Å². The second-order valence-corrected chi connectivity index (χ2v) is 41.7. The first-order valence-corrected chi connectivity index (χ1v) is 48.4. The second-order valence-electron chi connectivity index (χ2n) is 40.1. The van der Waals surface area contributed by atoms with E-state index >= 15 is 0 Å². The number of methoxy groups -OCH3 is 1. The molecule has 8 heterocycles. The summed E-state index contributed by atoms with van der Waals surface area (Å²) in [5, 5.41) is 34.5. The van der Waals surface area contributed by atoms with Crippen molar-refractivity contribution in [2.45, 2.75) is 218 Å². The number of pyridine rings is 2. The van der Waals surface area contributed by atoms with E-state index in [1.807, 2.05) is 58.7 Å². The fourth-order valence-corrected chi connectivity index (χ4v) is 20.5. The van der Waals surface area contributed by atoms with Crippen LogP contribution >= 0.6 is 34.5 Å². The number of carbonyl (C=O) groups is 9. The maximum atomic E-state index is 14.9. The van der Waals surface area contributed by atoms with Gasteiger partial charge in [-0.3, -0.25) is 38.7 Å². The Bertz CT molecular complexity index is 5470. The minimum absolute atomic E-state index is 0.0114. The van der Waals surface area contributed by atoms with Crippen molar-refractivity contribution >= 4 is 122 Å². The van der Waals surface area contributed by atoms with E-state index in [0.717, 1.165) is 38.5 Å². The number of hydrogen-bond acceptors (Lipinski definition) is 28. The standard InChI is InChI=1S/C48H62ClF3N8O8S.C41H49ClN6O10.C6H11F3N2/c1-8-29-22-47(29,43(63)65-7)57-41(61)35-20-31(23-60(35)42(62)40(46(4,5)6)56-45(64)68-30-18-27-17-28(27)19-30)67-37-21-33(34-24-69-44(55-34)53-26(2)3)54-39-32(37)9-10-36(38(39)49)66-16-15-58-11-13-59(14-12-58)25-48(50,51)52;1-7-23-17-41(23,37(52)53)47-35(50)29-15-25(18-48(29)36(51)34(40(4,5)6)46-39(54)58-24-13-21-12-22(21)14-24)57-31-16-27(28-19-56-38(45-28)43-20(2)3)44-33-26(31)8-9-30(32(33)42)55-11-10-49;7-6(8,9)5-11-3-1-10-2-4-11/h8-10,21,24,26-31,35,40H,1,11-20,22-23,25H2,2-7H3,(H,53,55)(H,56,64)(H,57,61);7-10,16,19-25,29,34H,1,11-15,17-18H2,2-6H3,(H,43,45)(H,46,54)(H,47,50)(H,52,53);10H,1-5H2/t27-,28+,29-,30?,31-,35+,40-,47?;21-,22+,23-,24?,25-,29+,34-,41?;/m11./s1. The average Bonchev–Trinajstić information content (AvgIpc) is 1.57. The van der Waals surface area contributed by atoms with Crippen LogP contribution in [0.2, 0.25) is 10.0 Å². The average molecular weight is 1990 g/mol. The molecule has 4 unspecified atom stereocenters. The van der Waals surface area contributed by atoms with Gasteiger partial charge in [-0.2, -0.15) is 31.3 Å². The minimum atomic E-state index is -4.25. The van der Waals surface area contributed by atoms with Crippen molar-refractivity contribution in [1.29, 1.82) is 0 Å². The number of rotatable bonds is 33. The van der Waals surface area contributed by atoms with Crippen LogP contribution in [0.5, 0.6) is 23.0 Å². The third-order valence-electron chi connectivity index (χ3n) is 26.7. The molecule has 16 rings (SSSR count). The zero-order valence-corrected chi connectivity index (χ0v) is 81.4. The molecule has 16 atom stereocenters. The Morgan fingerprint density at radius 3 is 1.49 bits per heavy atom. The highest BCUT2D eigenvalue weighted by molar-refractivity contribution is 7.14. The largest absolute Gasteiger partial charge is 0.491 e. The van der Waals surface area contributed by atoms with Gasteiger partial charge in [0.05, 0.1) is 55.7 Å². The molecule has 34 nitrogen and oxygen atoms in total. The number of aromatic nitrogens is 4. The topological polar surface area (TPSA) is 404 Å². The van der Waals surface area contributed by atoms with Crippen LogP contribution in [0.15, 0.2) is 77.8 Å². The fraction of sp³-hybridized carbons (Fsp3) is 0.611. The number of alkyl halides is 6. The van der Waals surface area contributed by atoms with E-state index in [1.165, 1.54) is 50.4 Å². The van der Waals surface area contributed by atoms with Crippen LogP contribution < -0.4 is 56.2 Å². The van der Waals surface area contributed by atoms with Crippen LogP contribution in [-0.2, 0) is 47.8 Å². The van der Waals surface area contributed by atoms with Crippen LogP contribution in [-0.4, -0.2) is 293 Å². The van der Waals surface area contributed by atoms with Gasteiger partial charge in [-0.05, 0) is 138 Å². The molecule has 6 saturated carbocycles. The number of ether oxygens (including phenoxy) is 7. The number of piperazine rings is 2. The molecule has 138 heavy (non-hydrogen) atoms. The number of nitrogens with one attached hydrogen (secondary N) is 7. The predicted molar refractivity (Wildman–Crippen MR) is 501 cm³/mol. The van der Waals surface area contributed by atoms with E-state index in [2.05, 4.69) is 55.4 Å². The molecule has 2 aromatic carbocycles. The van der Waals surface area contributed by atoms with Crippen molar-refractivity contribution in [3.63, 3.8) is 0 Å². The quantitative estimate of drug-likeness (QED) is 0.00623. The normalized spacial score (nSPS) is 26.0. The van der Waals surface area contributed by atoms with Crippen molar-refractivity contribution in [3.8, 4) is 45.8 Å². The molecular formula is C95H122Cl2F6N16O18S. The van der Waals surface area contributed by atoms with E-state index in [4.69, 9.17) is 75.7 Å². The number of nitrogens with zero attached hydrogens (tertiary/aromatic N) is 9. The number of alkyl carbamates (subject to hydrolysis) is 2. The number of likely N-dealkylation sites (tertiary alicyclic amines) is 2. The lowest BCUT2D eigenvalue weighted by Crippen LogP contribution is -2.59. The Labute approximate surface area is 809 Å².